The fourth-order valence-corrected chi connectivity index (χ4v) is 4.66. The first-order valence-electron chi connectivity index (χ1n) is 7.49. The van der Waals surface area contributed by atoms with Crippen LogP contribution in [0.3, 0.4) is 0 Å². The summed E-state index contributed by atoms with van der Waals surface area (Å²) in [6.07, 6.45) is 4.04. The molecule has 2 atom stereocenters. The Kier molecular flexibility index (Phi) is 4.97. The zero-order valence-corrected chi connectivity index (χ0v) is 13.5. The quantitative estimate of drug-likeness (QED) is 0.860. The third kappa shape index (κ3) is 3.76. The average Bonchev–Trinajstić information content (AvgIpc) is 2.36. The third-order valence-electron chi connectivity index (χ3n) is 4.26. The zero-order chi connectivity index (χ0) is 13.9. The fraction of sp³-hybridized carbons (Fsp3) is 0.647. The summed E-state index contributed by atoms with van der Waals surface area (Å²) in [5.41, 5.74) is 1.76. The smallest absolute Gasteiger partial charge is 0.0253 e. The molecule has 0 radical (unpaired) electrons. The summed E-state index contributed by atoms with van der Waals surface area (Å²) in [5.74, 6) is 0. The van der Waals surface area contributed by atoms with E-state index in [0.29, 0.717) is 16.7 Å². The van der Waals surface area contributed by atoms with Gasteiger partial charge >= 0.3 is 0 Å². The highest BCUT2D eigenvalue weighted by Crippen LogP contribution is 2.42. The van der Waals surface area contributed by atoms with Gasteiger partial charge in [0.1, 0.15) is 0 Å². The number of hydrogen-bond acceptors (Lipinski definition) is 2. The van der Waals surface area contributed by atoms with E-state index >= 15 is 0 Å². The summed E-state index contributed by atoms with van der Waals surface area (Å²) in [7, 11) is 0. The Bertz CT molecular complexity index is 396. The lowest BCUT2D eigenvalue weighted by atomic mass is 9.73. The van der Waals surface area contributed by atoms with E-state index in [9.17, 15) is 0 Å². The summed E-state index contributed by atoms with van der Waals surface area (Å²) in [5, 5.41) is 4.44. The van der Waals surface area contributed by atoms with Gasteiger partial charge in [-0.15, -0.1) is 11.8 Å². The molecule has 0 heterocycles. The zero-order valence-electron chi connectivity index (χ0n) is 12.7. The van der Waals surface area contributed by atoms with Gasteiger partial charge < -0.3 is 5.32 Å². The Labute approximate surface area is 122 Å². The number of hydrogen-bond donors (Lipinski definition) is 1. The second kappa shape index (κ2) is 6.32. The van der Waals surface area contributed by atoms with Crippen molar-refractivity contribution in [3.05, 3.63) is 29.8 Å². The maximum absolute atomic E-state index is 3.74. The Morgan fingerprint density at radius 2 is 1.95 bits per heavy atom. The number of thioether (sulfide) groups is 1. The monoisotopic (exact) mass is 277 g/mol. The van der Waals surface area contributed by atoms with Gasteiger partial charge in [0.25, 0.3) is 0 Å². The van der Waals surface area contributed by atoms with Crippen LogP contribution in [0, 0.1) is 12.3 Å². The van der Waals surface area contributed by atoms with Crippen molar-refractivity contribution in [1.29, 1.82) is 0 Å². The van der Waals surface area contributed by atoms with Crippen LogP contribution in [0.15, 0.2) is 29.2 Å². The molecule has 1 fully saturated rings. The van der Waals surface area contributed by atoms with E-state index < -0.39 is 0 Å². The molecule has 1 saturated carbocycles. The van der Waals surface area contributed by atoms with E-state index in [4.69, 9.17) is 0 Å². The number of nitrogens with one attached hydrogen (secondary N) is 1. The van der Waals surface area contributed by atoms with Gasteiger partial charge in [0.05, 0.1) is 0 Å². The van der Waals surface area contributed by atoms with E-state index in [1.165, 1.54) is 29.7 Å². The van der Waals surface area contributed by atoms with Crippen LogP contribution in [0.25, 0.3) is 0 Å². The van der Waals surface area contributed by atoms with Crippen molar-refractivity contribution in [3.8, 4) is 0 Å². The summed E-state index contributed by atoms with van der Waals surface area (Å²) in [4.78, 5) is 1.41. The molecule has 1 N–H and O–H groups in total. The molecule has 0 saturated heterocycles. The highest BCUT2D eigenvalue weighted by atomic mass is 32.2. The Hall–Kier alpha value is -0.470. The normalized spacial score (nSPS) is 26.3. The van der Waals surface area contributed by atoms with Gasteiger partial charge in [0.2, 0.25) is 0 Å². The fourth-order valence-electron chi connectivity index (χ4n) is 3.13. The van der Waals surface area contributed by atoms with Crippen LogP contribution in [0.1, 0.15) is 45.6 Å². The lowest BCUT2D eigenvalue weighted by molar-refractivity contribution is 0.176. The van der Waals surface area contributed by atoms with E-state index in [1.807, 2.05) is 0 Å². The van der Waals surface area contributed by atoms with Crippen LogP contribution in [-0.2, 0) is 0 Å². The second-order valence-corrected chi connectivity index (χ2v) is 7.70. The summed E-state index contributed by atoms with van der Waals surface area (Å²) < 4.78 is 0. The Morgan fingerprint density at radius 3 is 2.58 bits per heavy atom. The topological polar surface area (TPSA) is 12.0 Å². The number of aryl methyl sites for hydroxylation is 1. The van der Waals surface area contributed by atoms with Crippen LogP contribution in [0.4, 0.5) is 0 Å². The maximum Gasteiger partial charge on any atom is 0.0253 e. The van der Waals surface area contributed by atoms with Gasteiger partial charge in [0, 0.05) is 16.2 Å². The molecule has 0 aliphatic heterocycles. The Morgan fingerprint density at radius 1 is 1.26 bits per heavy atom. The van der Waals surface area contributed by atoms with E-state index in [1.54, 1.807) is 0 Å². The summed E-state index contributed by atoms with van der Waals surface area (Å²) in [6.45, 7) is 10.3. The Balaban J connectivity index is 2.10. The van der Waals surface area contributed by atoms with Crippen LogP contribution >= 0.6 is 11.8 Å². The van der Waals surface area contributed by atoms with Crippen molar-refractivity contribution < 1.29 is 0 Å². The molecule has 1 aromatic rings. The minimum atomic E-state index is 0.413. The molecule has 106 valence electrons. The van der Waals surface area contributed by atoms with E-state index in [-0.39, 0.29) is 0 Å². The van der Waals surface area contributed by atoms with Gasteiger partial charge in [0.15, 0.2) is 0 Å². The van der Waals surface area contributed by atoms with Crippen molar-refractivity contribution in [1.82, 2.24) is 5.32 Å². The van der Waals surface area contributed by atoms with Crippen molar-refractivity contribution in [3.63, 3.8) is 0 Å². The van der Waals surface area contributed by atoms with Crippen LogP contribution in [0.5, 0.6) is 0 Å². The minimum absolute atomic E-state index is 0.413. The van der Waals surface area contributed by atoms with Gasteiger partial charge in [-0.05, 0) is 43.9 Å². The molecule has 0 bridgehead atoms. The SMILES string of the molecule is CCNC1C(Sc2ccc(C)cc2)CCCC1(C)C. The van der Waals surface area contributed by atoms with Gasteiger partial charge in [-0.3, -0.25) is 0 Å². The third-order valence-corrected chi connectivity index (χ3v) is 5.61. The first-order valence-corrected chi connectivity index (χ1v) is 8.37. The molecule has 2 rings (SSSR count). The van der Waals surface area contributed by atoms with Gasteiger partial charge in [-0.2, -0.15) is 0 Å². The average molecular weight is 277 g/mol. The van der Waals surface area contributed by atoms with Crippen LogP contribution < -0.4 is 5.32 Å². The molecule has 1 aromatic carbocycles. The largest absolute Gasteiger partial charge is 0.313 e. The van der Waals surface area contributed by atoms with Gasteiger partial charge in [-0.25, -0.2) is 0 Å². The van der Waals surface area contributed by atoms with Crippen molar-refractivity contribution in [2.24, 2.45) is 5.41 Å². The molecule has 19 heavy (non-hydrogen) atoms. The first-order chi connectivity index (χ1) is 9.03. The van der Waals surface area contributed by atoms with E-state index in [0.717, 1.165) is 6.54 Å². The number of rotatable bonds is 4. The summed E-state index contributed by atoms with van der Waals surface area (Å²) in [6, 6.07) is 9.60. The molecule has 0 aromatic heterocycles. The van der Waals surface area contributed by atoms with Crippen molar-refractivity contribution in [2.45, 2.75) is 63.1 Å². The predicted molar refractivity (Wildman–Crippen MR) is 85.9 cm³/mol. The van der Waals surface area contributed by atoms with Crippen LogP contribution in [-0.4, -0.2) is 17.8 Å². The maximum atomic E-state index is 3.74. The minimum Gasteiger partial charge on any atom is -0.313 e. The molecular formula is C17H27NS. The first kappa shape index (κ1) is 14.9. The van der Waals surface area contributed by atoms with Crippen molar-refractivity contribution >= 4 is 11.8 Å². The molecule has 1 aliphatic carbocycles. The molecule has 1 aliphatic rings. The molecule has 1 nitrogen and oxygen atoms in total. The van der Waals surface area contributed by atoms with Crippen molar-refractivity contribution in [2.75, 3.05) is 6.54 Å². The molecule has 2 unspecified atom stereocenters. The predicted octanol–water partition coefficient (Wildman–Crippen LogP) is 4.64. The molecule has 0 spiro atoms. The lowest BCUT2D eigenvalue weighted by Gasteiger charge is -2.44. The highest BCUT2D eigenvalue weighted by molar-refractivity contribution is 8.00. The molecule has 0 amide bonds. The van der Waals surface area contributed by atoms with Gasteiger partial charge in [-0.1, -0.05) is 44.9 Å². The number of benzene rings is 1. The van der Waals surface area contributed by atoms with E-state index in [2.05, 4.69) is 69.0 Å². The molecule has 2 heteroatoms. The second-order valence-electron chi connectivity index (χ2n) is 6.39. The summed E-state index contributed by atoms with van der Waals surface area (Å²) >= 11 is 2.06. The highest BCUT2D eigenvalue weighted by Gasteiger charge is 2.38. The standard InChI is InChI=1S/C17H27NS/c1-5-18-16-15(7-6-12-17(16,3)4)19-14-10-8-13(2)9-11-14/h8-11,15-16,18H,5-7,12H2,1-4H3. The van der Waals surface area contributed by atoms with Crippen LogP contribution in [0.2, 0.25) is 0 Å². The lowest BCUT2D eigenvalue weighted by Crippen LogP contribution is -2.51. The molecular weight excluding hydrogens is 250 g/mol.